The number of carbonyl (C=O) groups is 1. The zero-order valence-corrected chi connectivity index (χ0v) is 13.2. The molecule has 0 unspecified atom stereocenters. The number of amides is 1. The summed E-state index contributed by atoms with van der Waals surface area (Å²) < 4.78 is 5.83. The van der Waals surface area contributed by atoms with Crippen LogP contribution >= 0.6 is 24.0 Å². The monoisotopic (exact) mass is 320 g/mol. The molecule has 2 aliphatic rings. The first-order valence-corrected chi connectivity index (χ1v) is 8.21. The summed E-state index contributed by atoms with van der Waals surface area (Å²) in [6.07, 6.45) is 10.5. The molecule has 1 aromatic heterocycles. The van der Waals surface area contributed by atoms with E-state index in [0.717, 1.165) is 31.7 Å². The Morgan fingerprint density at radius 2 is 2.10 bits per heavy atom. The van der Waals surface area contributed by atoms with Crippen LogP contribution in [0.15, 0.2) is 39.9 Å². The molecule has 3 rings (SSSR count). The van der Waals surface area contributed by atoms with Crippen molar-refractivity contribution in [2.75, 3.05) is 13.1 Å². The molecule has 110 valence electrons. The van der Waals surface area contributed by atoms with E-state index in [9.17, 15) is 4.79 Å². The van der Waals surface area contributed by atoms with Crippen molar-refractivity contribution in [1.82, 2.24) is 10.0 Å². The molecule has 0 spiro atoms. The average Bonchev–Trinajstić information content (AvgIpc) is 3.09. The Kier molecular flexibility index (Phi) is 4.57. The van der Waals surface area contributed by atoms with Gasteiger partial charge in [-0.2, -0.15) is 0 Å². The van der Waals surface area contributed by atoms with Crippen LogP contribution in [0.1, 0.15) is 25.0 Å². The van der Waals surface area contributed by atoms with Crippen LogP contribution in [0.2, 0.25) is 0 Å². The minimum atomic E-state index is -0.0176. The van der Waals surface area contributed by atoms with Crippen LogP contribution in [0.25, 0.3) is 6.08 Å². The molecule has 2 aliphatic heterocycles. The zero-order valence-electron chi connectivity index (χ0n) is 11.5. The van der Waals surface area contributed by atoms with Crippen molar-refractivity contribution in [2.45, 2.75) is 19.3 Å². The lowest BCUT2D eigenvalue weighted by atomic mass is 10.2. The molecular weight excluding hydrogens is 304 g/mol. The van der Waals surface area contributed by atoms with Crippen molar-refractivity contribution in [1.29, 1.82) is 0 Å². The molecule has 1 aromatic rings. The number of piperidine rings is 1. The largest absolute Gasteiger partial charge is 0.465 e. The van der Waals surface area contributed by atoms with Gasteiger partial charge in [-0.3, -0.25) is 4.79 Å². The van der Waals surface area contributed by atoms with E-state index < -0.39 is 0 Å². The summed E-state index contributed by atoms with van der Waals surface area (Å²) in [6, 6.07) is 3.69. The third-order valence-electron chi connectivity index (χ3n) is 3.44. The van der Waals surface area contributed by atoms with Gasteiger partial charge in [-0.1, -0.05) is 36.5 Å². The Balaban J connectivity index is 1.70. The Hall–Kier alpha value is -1.37. The topological polar surface area (TPSA) is 36.7 Å². The summed E-state index contributed by atoms with van der Waals surface area (Å²) in [5.74, 6) is 0.744. The maximum absolute atomic E-state index is 12.5. The summed E-state index contributed by atoms with van der Waals surface area (Å²) in [5, 5.41) is 3.73. The summed E-state index contributed by atoms with van der Waals surface area (Å²) in [6.45, 7) is 1.81. The SMILES string of the molecule is O=C1/C(=C\C=C\c2ccco2)SC(=S)N1N1CCCCC1. The number of allylic oxidation sites excluding steroid dienone is 2. The maximum Gasteiger partial charge on any atom is 0.280 e. The first-order chi connectivity index (χ1) is 10.3. The zero-order chi connectivity index (χ0) is 14.7. The molecule has 0 aliphatic carbocycles. The van der Waals surface area contributed by atoms with E-state index in [1.54, 1.807) is 17.3 Å². The minimum absolute atomic E-state index is 0.0176. The number of carbonyl (C=O) groups excluding carboxylic acids is 1. The summed E-state index contributed by atoms with van der Waals surface area (Å²) in [4.78, 5) is 13.1. The second-order valence-electron chi connectivity index (χ2n) is 4.90. The fraction of sp³-hybridized carbons (Fsp3) is 0.333. The van der Waals surface area contributed by atoms with E-state index in [0.29, 0.717) is 9.23 Å². The number of hydrogen-bond acceptors (Lipinski definition) is 5. The fourth-order valence-electron chi connectivity index (χ4n) is 2.41. The number of rotatable bonds is 3. The summed E-state index contributed by atoms with van der Waals surface area (Å²) in [7, 11) is 0. The van der Waals surface area contributed by atoms with Gasteiger partial charge < -0.3 is 4.42 Å². The molecule has 0 bridgehead atoms. The molecule has 21 heavy (non-hydrogen) atoms. The highest BCUT2D eigenvalue weighted by Gasteiger charge is 2.36. The van der Waals surface area contributed by atoms with Crippen LogP contribution in [-0.4, -0.2) is 33.3 Å². The van der Waals surface area contributed by atoms with Crippen molar-refractivity contribution in [3.05, 3.63) is 41.2 Å². The number of furan rings is 1. The summed E-state index contributed by atoms with van der Waals surface area (Å²) in [5.41, 5.74) is 0. The molecule has 0 N–H and O–H groups in total. The van der Waals surface area contributed by atoms with Crippen molar-refractivity contribution < 1.29 is 9.21 Å². The molecule has 0 saturated carbocycles. The van der Waals surface area contributed by atoms with Crippen LogP contribution in [0.4, 0.5) is 0 Å². The lowest BCUT2D eigenvalue weighted by molar-refractivity contribution is -0.134. The van der Waals surface area contributed by atoms with Crippen molar-refractivity contribution >= 4 is 40.3 Å². The Bertz CT molecular complexity index is 587. The van der Waals surface area contributed by atoms with Crippen molar-refractivity contribution in [3.63, 3.8) is 0 Å². The van der Waals surface area contributed by atoms with Gasteiger partial charge >= 0.3 is 0 Å². The second kappa shape index (κ2) is 6.60. The average molecular weight is 320 g/mol. The lowest BCUT2D eigenvalue weighted by Gasteiger charge is -2.33. The third kappa shape index (κ3) is 3.28. The van der Waals surface area contributed by atoms with Crippen LogP contribution in [0.5, 0.6) is 0 Å². The Morgan fingerprint density at radius 3 is 2.81 bits per heavy atom. The number of nitrogens with zero attached hydrogens (tertiary/aromatic N) is 2. The molecular formula is C15H16N2O2S2. The molecule has 2 saturated heterocycles. The van der Waals surface area contributed by atoms with E-state index in [-0.39, 0.29) is 5.91 Å². The predicted octanol–water partition coefficient (Wildman–Crippen LogP) is 3.44. The number of hydrogen-bond donors (Lipinski definition) is 0. The van der Waals surface area contributed by atoms with Gasteiger partial charge in [0.1, 0.15) is 5.76 Å². The van der Waals surface area contributed by atoms with Gasteiger partial charge in [0.25, 0.3) is 5.91 Å². The van der Waals surface area contributed by atoms with E-state index in [1.807, 2.05) is 24.3 Å². The highest BCUT2D eigenvalue weighted by Crippen LogP contribution is 2.33. The molecule has 3 heterocycles. The second-order valence-corrected chi connectivity index (χ2v) is 6.58. The van der Waals surface area contributed by atoms with Gasteiger partial charge in [-0.05, 0) is 37.1 Å². The lowest BCUT2D eigenvalue weighted by Crippen LogP contribution is -2.47. The standard InChI is InChI=1S/C15H16N2O2S2/c18-14-13(8-4-6-12-7-5-11-19-12)21-15(20)17(14)16-9-2-1-3-10-16/h4-8,11H,1-3,9-10H2/b6-4+,13-8+. The third-order valence-corrected chi connectivity index (χ3v) is 4.74. The van der Waals surface area contributed by atoms with Gasteiger partial charge in [0.2, 0.25) is 0 Å². The van der Waals surface area contributed by atoms with Crippen LogP contribution in [-0.2, 0) is 4.79 Å². The highest BCUT2D eigenvalue weighted by molar-refractivity contribution is 8.26. The van der Waals surface area contributed by atoms with E-state index in [1.165, 1.54) is 18.2 Å². The van der Waals surface area contributed by atoms with Crippen LogP contribution in [0.3, 0.4) is 0 Å². The van der Waals surface area contributed by atoms with Crippen molar-refractivity contribution in [2.24, 2.45) is 0 Å². The molecule has 0 atom stereocenters. The van der Waals surface area contributed by atoms with E-state index >= 15 is 0 Å². The van der Waals surface area contributed by atoms with Gasteiger partial charge in [0.05, 0.1) is 11.2 Å². The summed E-state index contributed by atoms with van der Waals surface area (Å²) >= 11 is 6.71. The highest BCUT2D eigenvalue weighted by atomic mass is 32.2. The minimum Gasteiger partial charge on any atom is -0.465 e. The molecule has 1 amide bonds. The first kappa shape index (κ1) is 14.6. The van der Waals surface area contributed by atoms with E-state index in [4.69, 9.17) is 16.6 Å². The Labute approximate surface area is 133 Å². The molecule has 6 heteroatoms. The molecule has 0 aromatic carbocycles. The normalized spacial score (nSPS) is 22.9. The maximum atomic E-state index is 12.5. The van der Waals surface area contributed by atoms with Crippen LogP contribution in [0, 0.1) is 0 Å². The van der Waals surface area contributed by atoms with Gasteiger partial charge in [-0.15, -0.1) is 0 Å². The van der Waals surface area contributed by atoms with Gasteiger partial charge in [0.15, 0.2) is 4.32 Å². The van der Waals surface area contributed by atoms with Crippen LogP contribution < -0.4 is 0 Å². The molecule has 2 fully saturated rings. The molecule has 4 nitrogen and oxygen atoms in total. The number of thioether (sulfide) groups is 1. The quantitative estimate of drug-likeness (QED) is 0.630. The first-order valence-electron chi connectivity index (χ1n) is 6.99. The predicted molar refractivity (Wildman–Crippen MR) is 88.3 cm³/mol. The smallest absolute Gasteiger partial charge is 0.280 e. The van der Waals surface area contributed by atoms with E-state index in [2.05, 4.69) is 5.01 Å². The fourth-order valence-corrected chi connectivity index (χ4v) is 3.67. The van der Waals surface area contributed by atoms with Crippen molar-refractivity contribution in [3.8, 4) is 0 Å². The van der Waals surface area contributed by atoms with Gasteiger partial charge in [-0.25, -0.2) is 10.0 Å². The van der Waals surface area contributed by atoms with Gasteiger partial charge in [0, 0.05) is 13.1 Å². The molecule has 0 radical (unpaired) electrons. The number of thiocarbonyl (C=S) groups is 1. The number of hydrazine groups is 1. The Morgan fingerprint density at radius 1 is 1.29 bits per heavy atom.